The van der Waals surface area contributed by atoms with E-state index < -0.39 is 6.04 Å². The van der Waals surface area contributed by atoms with Crippen molar-refractivity contribution in [2.75, 3.05) is 13.6 Å². The summed E-state index contributed by atoms with van der Waals surface area (Å²) in [6.07, 6.45) is 2.06. The van der Waals surface area contributed by atoms with Crippen LogP contribution in [-0.4, -0.2) is 41.4 Å². The van der Waals surface area contributed by atoms with E-state index in [1.54, 1.807) is 25.2 Å². The number of amides is 3. The quantitative estimate of drug-likeness (QED) is 0.890. The zero-order chi connectivity index (χ0) is 16.3. The van der Waals surface area contributed by atoms with Crippen LogP contribution < -0.4 is 5.32 Å². The smallest absolute Gasteiger partial charge is 0.322 e. The minimum absolute atomic E-state index is 0.0182. The first kappa shape index (κ1) is 14.8. The summed E-state index contributed by atoms with van der Waals surface area (Å²) in [6.45, 7) is 0.484. The third kappa shape index (κ3) is 2.22. The van der Waals surface area contributed by atoms with Crippen molar-refractivity contribution < 1.29 is 9.59 Å². The minimum atomic E-state index is -0.559. The second-order valence-corrected chi connectivity index (χ2v) is 6.89. The third-order valence-electron chi connectivity index (χ3n) is 4.67. The molecule has 1 saturated carbocycles. The molecule has 5 nitrogen and oxygen atoms in total. The molecule has 3 amide bonds. The number of urea groups is 1. The largest absolute Gasteiger partial charge is 0.330 e. The van der Waals surface area contributed by atoms with Crippen LogP contribution in [0.5, 0.6) is 0 Å². The fraction of sp³-hybridized carbons (Fsp3) is 0.375. The highest BCUT2D eigenvalue weighted by Gasteiger charge is 2.47. The third-order valence-corrected chi connectivity index (χ3v) is 5.50. The van der Waals surface area contributed by atoms with Gasteiger partial charge in [-0.05, 0) is 24.5 Å². The van der Waals surface area contributed by atoms with Crippen LogP contribution in [-0.2, 0) is 4.79 Å². The van der Waals surface area contributed by atoms with Gasteiger partial charge in [0.15, 0.2) is 0 Å². The molecule has 23 heavy (non-hydrogen) atoms. The van der Waals surface area contributed by atoms with Crippen LogP contribution in [0.1, 0.15) is 24.4 Å². The lowest BCUT2D eigenvalue weighted by Gasteiger charge is -2.31. The summed E-state index contributed by atoms with van der Waals surface area (Å²) in [7, 11) is 1.68. The molecule has 0 aromatic heterocycles. The van der Waals surface area contributed by atoms with Gasteiger partial charge >= 0.3 is 6.03 Å². The Morgan fingerprint density at radius 2 is 1.96 bits per heavy atom. The van der Waals surface area contributed by atoms with Crippen molar-refractivity contribution in [3.05, 3.63) is 45.1 Å². The van der Waals surface area contributed by atoms with Crippen molar-refractivity contribution in [3.8, 4) is 0 Å². The number of nitrogens with zero attached hydrogens (tertiary/aromatic N) is 2. The lowest BCUT2D eigenvalue weighted by atomic mass is 9.95. The second-order valence-electron chi connectivity index (χ2n) is 6.11. The molecule has 3 aliphatic rings. The number of halogens is 2. The zero-order valence-corrected chi connectivity index (χ0v) is 14.0. The van der Waals surface area contributed by atoms with Gasteiger partial charge in [-0.1, -0.05) is 35.3 Å². The fourth-order valence-electron chi connectivity index (χ4n) is 3.25. The summed E-state index contributed by atoms with van der Waals surface area (Å²) in [5.74, 6) is -0.0182. The van der Waals surface area contributed by atoms with E-state index in [9.17, 15) is 9.59 Å². The maximum absolute atomic E-state index is 12.9. The molecule has 2 aliphatic heterocycles. The number of rotatable bonds is 2. The lowest BCUT2D eigenvalue weighted by Crippen LogP contribution is -2.45. The van der Waals surface area contributed by atoms with Crippen LogP contribution >= 0.6 is 23.2 Å². The zero-order valence-electron chi connectivity index (χ0n) is 12.5. The molecule has 0 saturated heterocycles. The van der Waals surface area contributed by atoms with Crippen LogP contribution in [0.2, 0.25) is 10.0 Å². The Labute approximate surface area is 143 Å². The Bertz CT molecular complexity index is 758. The van der Waals surface area contributed by atoms with Gasteiger partial charge in [-0.25, -0.2) is 4.79 Å². The Morgan fingerprint density at radius 3 is 2.65 bits per heavy atom. The maximum Gasteiger partial charge on any atom is 0.322 e. The van der Waals surface area contributed by atoms with E-state index >= 15 is 0 Å². The van der Waals surface area contributed by atoms with Gasteiger partial charge in [-0.2, -0.15) is 0 Å². The highest BCUT2D eigenvalue weighted by atomic mass is 35.5. The fourth-order valence-corrected chi connectivity index (χ4v) is 3.66. The highest BCUT2D eigenvalue weighted by Crippen LogP contribution is 2.42. The van der Waals surface area contributed by atoms with Crippen LogP contribution in [0.25, 0.3) is 0 Å². The van der Waals surface area contributed by atoms with Crippen molar-refractivity contribution >= 4 is 35.1 Å². The molecule has 0 unspecified atom stereocenters. The Morgan fingerprint density at radius 1 is 1.22 bits per heavy atom. The first-order valence-corrected chi connectivity index (χ1v) is 8.26. The lowest BCUT2D eigenvalue weighted by molar-refractivity contribution is -0.126. The van der Waals surface area contributed by atoms with Crippen molar-refractivity contribution in [2.45, 2.75) is 24.9 Å². The van der Waals surface area contributed by atoms with E-state index in [2.05, 4.69) is 5.32 Å². The molecule has 1 atom stereocenters. The number of hydrogen-bond acceptors (Lipinski definition) is 2. The Balaban J connectivity index is 1.81. The summed E-state index contributed by atoms with van der Waals surface area (Å²) in [4.78, 5) is 28.5. The topological polar surface area (TPSA) is 52.7 Å². The number of benzene rings is 1. The summed E-state index contributed by atoms with van der Waals surface area (Å²) in [6, 6.07) is 4.75. The van der Waals surface area contributed by atoms with E-state index in [0.29, 0.717) is 33.8 Å². The molecule has 1 N–H and O–H groups in total. The van der Waals surface area contributed by atoms with Crippen molar-refractivity contribution in [1.82, 2.24) is 15.1 Å². The van der Waals surface area contributed by atoms with Gasteiger partial charge in [-0.3, -0.25) is 9.69 Å². The van der Waals surface area contributed by atoms with Gasteiger partial charge in [0, 0.05) is 13.1 Å². The average molecular weight is 352 g/mol. The molecule has 0 bridgehead atoms. The van der Waals surface area contributed by atoms with Gasteiger partial charge in [0.1, 0.15) is 0 Å². The number of carbonyl (C=O) groups excluding carboxylic acids is 2. The number of nitrogens with one attached hydrogen (secondary N) is 1. The van der Waals surface area contributed by atoms with E-state index in [-0.39, 0.29) is 11.9 Å². The monoisotopic (exact) mass is 351 g/mol. The van der Waals surface area contributed by atoms with Crippen LogP contribution in [0, 0.1) is 0 Å². The van der Waals surface area contributed by atoms with Gasteiger partial charge < -0.3 is 10.2 Å². The Kier molecular flexibility index (Phi) is 3.32. The predicted molar refractivity (Wildman–Crippen MR) is 87.3 cm³/mol. The molecule has 1 fully saturated rings. The summed E-state index contributed by atoms with van der Waals surface area (Å²) in [5.41, 5.74) is 2.01. The predicted octanol–water partition coefficient (Wildman–Crippen LogP) is 2.95. The SMILES string of the molecule is CN1C(=O)N[C@@H](c2cccc(Cl)c2Cl)C2=C1CN(C1CC1)C2=O. The van der Waals surface area contributed by atoms with Crippen molar-refractivity contribution in [1.29, 1.82) is 0 Å². The maximum atomic E-state index is 12.9. The number of likely N-dealkylation sites (N-methyl/N-ethyl adjacent to an activating group) is 1. The van der Waals surface area contributed by atoms with E-state index in [0.717, 1.165) is 18.5 Å². The van der Waals surface area contributed by atoms with E-state index in [1.165, 1.54) is 4.90 Å². The van der Waals surface area contributed by atoms with Gasteiger partial charge in [0.25, 0.3) is 5.91 Å². The van der Waals surface area contributed by atoms with E-state index in [4.69, 9.17) is 23.2 Å². The highest BCUT2D eigenvalue weighted by molar-refractivity contribution is 6.42. The van der Waals surface area contributed by atoms with Crippen LogP contribution in [0.3, 0.4) is 0 Å². The van der Waals surface area contributed by atoms with Crippen molar-refractivity contribution in [3.63, 3.8) is 0 Å². The molecule has 120 valence electrons. The first-order valence-electron chi connectivity index (χ1n) is 7.51. The average Bonchev–Trinajstić information content (AvgIpc) is 3.30. The van der Waals surface area contributed by atoms with Gasteiger partial charge in [0.05, 0.1) is 33.9 Å². The Hall–Kier alpha value is -1.72. The minimum Gasteiger partial charge on any atom is -0.330 e. The van der Waals surface area contributed by atoms with E-state index in [1.807, 2.05) is 4.90 Å². The molecular weight excluding hydrogens is 337 g/mol. The molecule has 1 aromatic rings. The summed E-state index contributed by atoms with van der Waals surface area (Å²) in [5, 5.41) is 3.65. The summed E-state index contributed by atoms with van der Waals surface area (Å²) >= 11 is 12.4. The molecule has 4 rings (SSSR count). The standard InChI is InChI=1S/C16H15Cl2N3O2/c1-20-11-7-21(8-5-6-8)15(22)12(11)14(19-16(20)23)9-3-2-4-10(17)13(9)18/h2-4,8,14H,5-7H2,1H3,(H,19,23)/t14-/m0/s1. The number of carbonyl (C=O) groups is 2. The molecule has 7 heteroatoms. The van der Waals surface area contributed by atoms with Crippen molar-refractivity contribution in [2.24, 2.45) is 0 Å². The molecule has 2 heterocycles. The summed E-state index contributed by atoms with van der Waals surface area (Å²) < 4.78 is 0. The van der Waals surface area contributed by atoms with Crippen LogP contribution in [0.15, 0.2) is 29.5 Å². The molecule has 0 radical (unpaired) electrons. The molecule has 1 aliphatic carbocycles. The molecule has 1 aromatic carbocycles. The molecule has 0 spiro atoms. The van der Waals surface area contributed by atoms with Crippen LogP contribution in [0.4, 0.5) is 4.79 Å². The second kappa shape index (κ2) is 5.14. The van der Waals surface area contributed by atoms with Gasteiger partial charge in [0.2, 0.25) is 0 Å². The normalized spacial score (nSPS) is 24.2. The first-order chi connectivity index (χ1) is 11.0. The number of hydrogen-bond donors (Lipinski definition) is 1. The van der Waals surface area contributed by atoms with Gasteiger partial charge in [-0.15, -0.1) is 0 Å². The molecular formula is C16H15Cl2N3O2.